The van der Waals surface area contributed by atoms with E-state index in [1.54, 1.807) is 0 Å². The van der Waals surface area contributed by atoms with Crippen LogP contribution in [0.15, 0.2) is 5.11 Å². The number of hydrogen-bond acceptors (Lipinski definition) is 9. The highest BCUT2D eigenvalue weighted by Crippen LogP contribution is 2.22. The Hall–Kier alpha value is -2.96. The number of hydrogen-bond donors (Lipinski definition) is 5. The Bertz CT molecular complexity index is 968. The van der Waals surface area contributed by atoms with Crippen LogP contribution in [0.25, 0.3) is 10.4 Å². The number of aliphatic hydroxyl groups excluding tert-OH is 1. The molecule has 0 radical (unpaired) electrons. The quantitative estimate of drug-likeness (QED) is 0.0935. The second-order valence-corrected chi connectivity index (χ2v) is 15.6. The van der Waals surface area contributed by atoms with Crippen molar-refractivity contribution < 1.29 is 33.7 Å². The molecule has 0 aromatic heterocycles. The molecule has 3 fully saturated rings. The first-order valence-corrected chi connectivity index (χ1v) is 17.2. The summed E-state index contributed by atoms with van der Waals surface area (Å²) >= 11 is 0. The minimum absolute atomic E-state index is 0.0752. The SMILES string of the molecule is CC(C)(C)OC(=O)N[C@H]1CCCC[C@@H]1O.CC(C)(C)OC(=O)N[C@H]1CCCC[C@H]1N.CC(C)(C)OC(=O)N[C@H]1CCCC[C@H]1N=[N+]=[N-]. The lowest BCUT2D eigenvalue weighted by atomic mass is 9.91. The molecule has 0 bridgehead atoms. The number of carbonyl (C=O) groups is 3. The molecule has 0 aromatic rings. The van der Waals surface area contributed by atoms with Crippen LogP contribution < -0.4 is 21.7 Å². The Morgan fingerprint density at radius 3 is 1.43 bits per heavy atom. The van der Waals surface area contributed by atoms with Crippen molar-refractivity contribution in [3.63, 3.8) is 0 Å². The van der Waals surface area contributed by atoms with Gasteiger partial charge in [-0.05, 0) is 106 Å². The normalized spacial score (nSPS) is 26.3. The number of rotatable bonds is 4. The molecule has 0 saturated heterocycles. The summed E-state index contributed by atoms with van der Waals surface area (Å²) in [5.74, 6) is 0. The van der Waals surface area contributed by atoms with Gasteiger partial charge in [-0.15, -0.1) is 0 Å². The molecule has 14 nitrogen and oxygen atoms in total. The predicted octanol–water partition coefficient (Wildman–Crippen LogP) is 6.73. The topological polar surface area (TPSA) is 210 Å². The summed E-state index contributed by atoms with van der Waals surface area (Å²) in [5.41, 5.74) is 13.0. The van der Waals surface area contributed by atoms with E-state index in [1.165, 1.54) is 0 Å². The lowest BCUT2D eigenvalue weighted by molar-refractivity contribution is 0.0362. The van der Waals surface area contributed by atoms with Crippen LogP contribution in [0.3, 0.4) is 0 Å². The van der Waals surface area contributed by atoms with Crippen molar-refractivity contribution >= 4 is 18.3 Å². The number of amides is 3. The molecule has 6 N–H and O–H groups in total. The first-order chi connectivity index (χ1) is 21.7. The van der Waals surface area contributed by atoms with Crippen molar-refractivity contribution in [2.24, 2.45) is 10.8 Å². The van der Waals surface area contributed by atoms with Crippen molar-refractivity contribution in [2.75, 3.05) is 0 Å². The summed E-state index contributed by atoms with van der Waals surface area (Å²) < 4.78 is 15.5. The van der Waals surface area contributed by atoms with Crippen LogP contribution in [0, 0.1) is 0 Å². The molecular formula is C33H63N7O7. The van der Waals surface area contributed by atoms with Crippen LogP contribution in [0.5, 0.6) is 0 Å². The zero-order valence-corrected chi connectivity index (χ0v) is 30.3. The molecular weight excluding hydrogens is 606 g/mol. The smallest absolute Gasteiger partial charge is 0.407 e. The van der Waals surface area contributed by atoms with Crippen LogP contribution in [0.2, 0.25) is 0 Å². The average molecular weight is 670 g/mol. The van der Waals surface area contributed by atoms with Gasteiger partial charge in [0.25, 0.3) is 0 Å². The van der Waals surface area contributed by atoms with Crippen LogP contribution in [0.4, 0.5) is 14.4 Å². The standard InChI is InChI=1S/C11H20N4O2.C11H22N2O2.C11H21NO3/c1-11(2,3)17-10(16)13-8-6-4-5-7-9(8)14-15-12;1-11(2,3)15-10(14)13-9-7-5-4-6-8(9)12;1-11(2,3)15-10(14)12-8-6-4-5-7-9(8)13/h8-9H,4-7H2,1-3H3,(H,13,16);8-9H,4-7,12H2,1-3H3,(H,13,14);8-9,13H,4-7H2,1-3H3,(H,12,14)/t2*8-,9+;8-,9-/m010/s1. The van der Waals surface area contributed by atoms with Crippen molar-refractivity contribution in [1.29, 1.82) is 0 Å². The van der Waals surface area contributed by atoms with Crippen LogP contribution in [0.1, 0.15) is 139 Å². The van der Waals surface area contributed by atoms with Gasteiger partial charge in [0.05, 0.1) is 18.2 Å². The van der Waals surface area contributed by atoms with Crippen molar-refractivity contribution in [3.8, 4) is 0 Å². The van der Waals surface area contributed by atoms with E-state index in [-0.39, 0.29) is 36.3 Å². The lowest BCUT2D eigenvalue weighted by Gasteiger charge is -2.30. The van der Waals surface area contributed by atoms with Gasteiger partial charge in [-0.25, -0.2) is 14.4 Å². The molecule has 0 aromatic carbocycles. The van der Waals surface area contributed by atoms with E-state index in [0.29, 0.717) is 0 Å². The van der Waals surface area contributed by atoms with E-state index < -0.39 is 35.1 Å². The van der Waals surface area contributed by atoms with E-state index in [1.807, 2.05) is 62.3 Å². The molecule has 3 aliphatic rings. The van der Waals surface area contributed by atoms with E-state index in [2.05, 4.69) is 26.0 Å². The van der Waals surface area contributed by atoms with Gasteiger partial charge < -0.3 is 41.0 Å². The highest BCUT2D eigenvalue weighted by molar-refractivity contribution is 5.69. The van der Waals surface area contributed by atoms with Crippen LogP contribution in [-0.4, -0.2) is 76.5 Å². The number of carbonyl (C=O) groups excluding carboxylic acids is 3. The van der Waals surface area contributed by atoms with Crippen LogP contribution in [-0.2, 0) is 14.2 Å². The maximum atomic E-state index is 11.6. The zero-order chi connectivity index (χ0) is 35.8. The Kier molecular flexibility index (Phi) is 17.7. The molecule has 0 heterocycles. The van der Waals surface area contributed by atoms with Gasteiger partial charge in [0.15, 0.2) is 0 Å². The molecule has 14 heteroatoms. The minimum atomic E-state index is -0.507. The van der Waals surface area contributed by atoms with Crippen molar-refractivity contribution in [1.82, 2.24) is 16.0 Å². The largest absolute Gasteiger partial charge is 0.444 e. The van der Waals surface area contributed by atoms with Gasteiger partial charge in [-0.2, -0.15) is 0 Å². The number of aliphatic hydroxyl groups is 1. The first-order valence-electron chi connectivity index (χ1n) is 17.2. The second-order valence-electron chi connectivity index (χ2n) is 15.6. The molecule has 0 unspecified atom stereocenters. The minimum Gasteiger partial charge on any atom is -0.444 e. The fraction of sp³-hybridized carbons (Fsp3) is 0.909. The molecule has 272 valence electrons. The maximum absolute atomic E-state index is 11.6. The van der Waals surface area contributed by atoms with E-state index in [4.69, 9.17) is 25.5 Å². The third-order valence-corrected chi connectivity index (χ3v) is 7.58. The second kappa shape index (κ2) is 19.8. The van der Waals surface area contributed by atoms with Gasteiger partial charge in [0, 0.05) is 23.0 Å². The van der Waals surface area contributed by atoms with Gasteiger partial charge in [-0.3, -0.25) is 0 Å². The number of alkyl carbamates (subject to hydrolysis) is 3. The maximum Gasteiger partial charge on any atom is 0.407 e. The summed E-state index contributed by atoms with van der Waals surface area (Å²) in [6.07, 6.45) is 10.0. The Labute approximate surface area is 281 Å². The summed E-state index contributed by atoms with van der Waals surface area (Å²) in [6, 6.07) is -0.246. The van der Waals surface area contributed by atoms with E-state index in [0.717, 1.165) is 77.0 Å². The van der Waals surface area contributed by atoms with Gasteiger partial charge in [0.1, 0.15) is 16.8 Å². The summed E-state index contributed by atoms with van der Waals surface area (Å²) in [4.78, 5) is 37.3. The van der Waals surface area contributed by atoms with Gasteiger partial charge >= 0.3 is 18.3 Å². The highest BCUT2D eigenvalue weighted by atomic mass is 16.6. The Morgan fingerprint density at radius 2 is 1.00 bits per heavy atom. The summed E-state index contributed by atoms with van der Waals surface area (Å²) in [5, 5.41) is 21.7. The third-order valence-electron chi connectivity index (χ3n) is 7.58. The van der Waals surface area contributed by atoms with Gasteiger partial charge in [-0.1, -0.05) is 43.6 Å². The third kappa shape index (κ3) is 20.1. The fourth-order valence-corrected chi connectivity index (χ4v) is 5.48. The molecule has 0 aliphatic heterocycles. The number of nitrogens with two attached hydrogens (primary N) is 1. The molecule has 0 spiro atoms. The average Bonchev–Trinajstić information content (AvgIpc) is 2.90. The summed E-state index contributed by atoms with van der Waals surface area (Å²) in [6.45, 7) is 16.5. The number of nitrogens with one attached hydrogen (secondary N) is 3. The molecule has 6 atom stereocenters. The number of azide groups is 1. The zero-order valence-electron chi connectivity index (χ0n) is 30.3. The lowest BCUT2D eigenvalue weighted by Crippen LogP contribution is -2.50. The van der Waals surface area contributed by atoms with E-state index >= 15 is 0 Å². The predicted molar refractivity (Wildman–Crippen MR) is 182 cm³/mol. The van der Waals surface area contributed by atoms with Gasteiger partial charge in [0.2, 0.25) is 0 Å². The van der Waals surface area contributed by atoms with E-state index in [9.17, 15) is 19.5 Å². The Morgan fingerprint density at radius 1 is 0.638 bits per heavy atom. The highest BCUT2D eigenvalue weighted by Gasteiger charge is 2.29. The number of nitrogens with zero attached hydrogens (tertiary/aromatic N) is 3. The first kappa shape index (κ1) is 42.1. The van der Waals surface area contributed by atoms with Crippen molar-refractivity contribution in [2.45, 2.75) is 192 Å². The molecule has 3 rings (SSSR count). The molecule has 3 aliphatic carbocycles. The molecule has 47 heavy (non-hydrogen) atoms. The monoisotopic (exact) mass is 669 g/mol. The van der Waals surface area contributed by atoms with Crippen molar-refractivity contribution in [3.05, 3.63) is 10.4 Å². The van der Waals surface area contributed by atoms with Crippen LogP contribution >= 0.6 is 0 Å². The Balaban J connectivity index is 0.000000353. The number of ether oxygens (including phenoxy) is 3. The fourth-order valence-electron chi connectivity index (χ4n) is 5.48. The summed E-state index contributed by atoms with van der Waals surface area (Å²) in [7, 11) is 0. The molecule has 3 saturated carbocycles. The molecule has 3 amide bonds.